The molecule has 23 heavy (non-hydrogen) atoms. The van der Waals surface area contributed by atoms with E-state index in [1.54, 1.807) is 0 Å². The van der Waals surface area contributed by atoms with Gasteiger partial charge in [-0.25, -0.2) is 5.43 Å². The van der Waals surface area contributed by atoms with Gasteiger partial charge in [0.25, 0.3) is 0 Å². The van der Waals surface area contributed by atoms with Gasteiger partial charge in [0.15, 0.2) is 11.0 Å². The fourth-order valence-corrected chi connectivity index (χ4v) is 3.08. The summed E-state index contributed by atoms with van der Waals surface area (Å²) in [7, 11) is 0. The van der Waals surface area contributed by atoms with E-state index in [-0.39, 0.29) is 5.11 Å². The predicted octanol–water partition coefficient (Wildman–Crippen LogP) is 2.50. The van der Waals surface area contributed by atoms with Crippen molar-refractivity contribution in [1.82, 2.24) is 10.9 Å². The highest BCUT2D eigenvalue weighted by Gasteiger charge is 2.22. The lowest BCUT2D eigenvalue weighted by Gasteiger charge is -2.32. The average Bonchev–Trinajstić information content (AvgIpc) is 3.04. The zero-order valence-electron chi connectivity index (χ0n) is 13.0. The SMILES string of the molecule is NC(=S)NNCc1ccc(N2CCC(c3ccccc3)CC2)o1. The van der Waals surface area contributed by atoms with Crippen LogP contribution in [0.2, 0.25) is 0 Å². The molecule has 0 radical (unpaired) electrons. The van der Waals surface area contributed by atoms with E-state index in [0.29, 0.717) is 12.5 Å². The minimum Gasteiger partial charge on any atom is -0.444 e. The van der Waals surface area contributed by atoms with Crippen molar-refractivity contribution in [3.63, 3.8) is 0 Å². The van der Waals surface area contributed by atoms with Crippen LogP contribution in [0.5, 0.6) is 0 Å². The van der Waals surface area contributed by atoms with E-state index in [2.05, 4.69) is 46.1 Å². The summed E-state index contributed by atoms with van der Waals surface area (Å²) in [6.07, 6.45) is 2.31. The first-order valence-electron chi connectivity index (χ1n) is 7.89. The molecule has 0 unspecified atom stereocenters. The van der Waals surface area contributed by atoms with Crippen molar-refractivity contribution in [2.75, 3.05) is 18.0 Å². The van der Waals surface area contributed by atoms with Crippen LogP contribution in [0, 0.1) is 0 Å². The van der Waals surface area contributed by atoms with Crippen LogP contribution in [0.1, 0.15) is 30.1 Å². The molecule has 0 spiro atoms. The number of hydrogen-bond acceptors (Lipinski definition) is 4. The topological polar surface area (TPSA) is 66.5 Å². The van der Waals surface area contributed by atoms with Gasteiger partial charge in [-0.3, -0.25) is 5.43 Å². The van der Waals surface area contributed by atoms with Crippen molar-refractivity contribution in [1.29, 1.82) is 0 Å². The highest BCUT2D eigenvalue weighted by Crippen LogP contribution is 2.31. The second-order valence-corrected chi connectivity index (χ2v) is 6.19. The summed E-state index contributed by atoms with van der Waals surface area (Å²) in [5.74, 6) is 2.44. The fourth-order valence-electron chi connectivity index (χ4n) is 3.01. The van der Waals surface area contributed by atoms with Gasteiger partial charge >= 0.3 is 0 Å². The molecule has 0 atom stereocenters. The lowest BCUT2D eigenvalue weighted by atomic mass is 9.89. The molecule has 2 aromatic rings. The molecule has 1 aliphatic heterocycles. The van der Waals surface area contributed by atoms with E-state index in [4.69, 9.17) is 22.4 Å². The van der Waals surface area contributed by atoms with E-state index in [0.717, 1.165) is 37.6 Å². The van der Waals surface area contributed by atoms with Crippen LogP contribution in [-0.4, -0.2) is 18.2 Å². The van der Waals surface area contributed by atoms with Crippen LogP contribution in [0.4, 0.5) is 5.88 Å². The van der Waals surface area contributed by atoms with Gasteiger partial charge in [0.2, 0.25) is 0 Å². The molecule has 0 amide bonds. The minimum atomic E-state index is 0.222. The number of hydrogen-bond donors (Lipinski definition) is 3. The Hall–Kier alpha value is -2.05. The van der Waals surface area contributed by atoms with Gasteiger partial charge in [-0.1, -0.05) is 30.3 Å². The molecule has 4 N–H and O–H groups in total. The van der Waals surface area contributed by atoms with Gasteiger partial charge in [-0.05, 0) is 42.6 Å². The smallest absolute Gasteiger partial charge is 0.195 e. The molecule has 5 nitrogen and oxygen atoms in total. The zero-order chi connectivity index (χ0) is 16.1. The maximum Gasteiger partial charge on any atom is 0.195 e. The van der Waals surface area contributed by atoms with Crippen LogP contribution < -0.4 is 21.5 Å². The Morgan fingerprint density at radius 1 is 1.17 bits per heavy atom. The third kappa shape index (κ3) is 4.24. The number of furan rings is 1. The van der Waals surface area contributed by atoms with Crippen molar-refractivity contribution in [2.24, 2.45) is 5.73 Å². The van der Waals surface area contributed by atoms with Crippen LogP contribution in [0.15, 0.2) is 46.9 Å². The summed E-state index contributed by atoms with van der Waals surface area (Å²) in [6.45, 7) is 2.58. The largest absolute Gasteiger partial charge is 0.444 e. The summed E-state index contributed by atoms with van der Waals surface area (Å²) in [6, 6.07) is 14.8. The van der Waals surface area contributed by atoms with Crippen molar-refractivity contribution in [3.05, 3.63) is 53.8 Å². The third-order valence-electron chi connectivity index (χ3n) is 4.20. The van der Waals surface area contributed by atoms with Crippen LogP contribution in [0.25, 0.3) is 0 Å². The van der Waals surface area contributed by atoms with Gasteiger partial charge in [0.05, 0.1) is 6.54 Å². The summed E-state index contributed by atoms with van der Waals surface area (Å²) in [5.41, 5.74) is 12.4. The molecule has 1 aromatic carbocycles. The second kappa shape index (κ2) is 7.48. The first-order chi connectivity index (χ1) is 11.2. The second-order valence-electron chi connectivity index (χ2n) is 5.75. The number of hydrazine groups is 1. The highest BCUT2D eigenvalue weighted by molar-refractivity contribution is 7.80. The Kier molecular flexibility index (Phi) is 5.15. The van der Waals surface area contributed by atoms with Gasteiger partial charge in [0.1, 0.15) is 5.76 Å². The predicted molar refractivity (Wildman–Crippen MR) is 96.1 cm³/mol. The maximum atomic E-state index is 5.89. The Bertz CT molecular complexity index is 635. The Labute approximate surface area is 141 Å². The molecule has 0 aliphatic carbocycles. The number of nitrogens with one attached hydrogen (secondary N) is 2. The number of thiocarbonyl (C=S) groups is 1. The number of benzene rings is 1. The van der Waals surface area contributed by atoms with Gasteiger partial charge in [0, 0.05) is 19.2 Å². The molecule has 122 valence electrons. The number of anilines is 1. The quantitative estimate of drug-likeness (QED) is 0.578. The Balaban J connectivity index is 1.52. The molecule has 1 fully saturated rings. The molecule has 2 heterocycles. The molecule has 1 saturated heterocycles. The van der Waals surface area contributed by atoms with E-state index in [1.807, 2.05) is 12.1 Å². The van der Waals surface area contributed by atoms with Crippen LogP contribution >= 0.6 is 12.2 Å². The van der Waals surface area contributed by atoms with Crippen molar-refractivity contribution < 1.29 is 4.42 Å². The molecule has 1 aliphatic rings. The minimum absolute atomic E-state index is 0.222. The van der Waals surface area contributed by atoms with Crippen molar-refractivity contribution in [2.45, 2.75) is 25.3 Å². The number of nitrogens with two attached hydrogens (primary N) is 1. The molecule has 1 aromatic heterocycles. The Morgan fingerprint density at radius 3 is 2.61 bits per heavy atom. The monoisotopic (exact) mass is 330 g/mol. The molecular weight excluding hydrogens is 308 g/mol. The molecule has 0 saturated carbocycles. The Morgan fingerprint density at radius 2 is 1.91 bits per heavy atom. The van der Waals surface area contributed by atoms with Crippen molar-refractivity contribution in [3.8, 4) is 0 Å². The van der Waals surface area contributed by atoms with E-state index < -0.39 is 0 Å². The molecular formula is C17H22N4OS. The molecule has 3 rings (SSSR count). The van der Waals surface area contributed by atoms with E-state index in [9.17, 15) is 0 Å². The number of nitrogens with zero attached hydrogens (tertiary/aromatic N) is 1. The normalized spacial score (nSPS) is 15.6. The number of rotatable bonds is 5. The molecule has 6 heteroatoms. The first kappa shape index (κ1) is 15.8. The summed E-state index contributed by atoms with van der Waals surface area (Å²) < 4.78 is 5.89. The van der Waals surface area contributed by atoms with Gasteiger partial charge in [-0.2, -0.15) is 0 Å². The van der Waals surface area contributed by atoms with Gasteiger partial charge < -0.3 is 15.1 Å². The summed E-state index contributed by atoms with van der Waals surface area (Å²) >= 11 is 4.74. The molecule has 0 bridgehead atoms. The standard InChI is InChI=1S/C17H22N4OS/c18-17(23)20-19-12-15-6-7-16(22-15)21-10-8-14(9-11-21)13-4-2-1-3-5-13/h1-7,14,19H,8-12H2,(H3,18,20,23). The summed E-state index contributed by atoms with van der Waals surface area (Å²) in [4.78, 5) is 2.31. The van der Waals surface area contributed by atoms with Crippen LogP contribution in [0.3, 0.4) is 0 Å². The lowest BCUT2D eigenvalue weighted by Crippen LogP contribution is -2.40. The average molecular weight is 330 g/mol. The number of piperidine rings is 1. The summed E-state index contributed by atoms with van der Waals surface area (Å²) in [5, 5.41) is 0.222. The lowest BCUT2D eigenvalue weighted by molar-refractivity contribution is 0.437. The zero-order valence-corrected chi connectivity index (χ0v) is 13.8. The first-order valence-corrected chi connectivity index (χ1v) is 8.30. The van der Waals surface area contributed by atoms with Gasteiger partial charge in [-0.15, -0.1) is 0 Å². The highest BCUT2D eigenvalue weighted by atomic mass is 32.1. The maximum absolute atomic E-state index is 5.89. The van der Waals surface area contributed by atoms with E-state index >= 15 is 0 Å². The van der Waals surface area contributed by atoms with Crippen LogP contribution in [-0.2, 0) is 6.54 Å². The van der Waals surface area contributed by atoms with Crippen molar-refractivity contribution >= 4 is 23.2 Å². The van der Waals surface area contributed by atoms with E-state index in [1.165, 1.54) is 5.56 Å². The third-order valence-corrected chi connectivity index (χ3v) is 4.30. The fraction of sp³-hybridized carbons (Fsp3) is 0.353.